The number of anilines is 1. The van der Waals surface area contributed by atoms with E-state index in [4.69, 9.17) is 9.57 Å². The average Bonchev–Trinajstić information content (AvgIpc) is 3.50. The smallest absolute Gasteiger partial charge is 0.333 e. The summed E-state index contributed by atoms with van der Waals surface area (Å²) in [5.74, 6) is -0.495. The topological polar surface area (TPSA) is 183 Å². The highest BCUT2D eigenvalue weighted by Crippen LogP contribution is 2.49. The normalized spacial score (nSPS) is 18.5. The minimum absolute atomic E-state index is 0.00365. The van der Waals surface area contributed by atoms with Gasteiger partial charge < -0.3 is 19.0 Å². The maximum Gasteiger partial charge on any atom is 0.333 e. The monoisotopic (exact) mass is 816 g/mol. The van der Waals surface area contributed by atoms with E-state index in [1.807, 2.05) is 0 Å². The van der Waals surface area contributed by atoms with Crippen LogP contribution < -0.4 is 29.5 Å². The van der Waals surface area contributed by atoms with Crippen LogP contribution in [0.3, 0.4) is 0 Å². The molecule has 300 valence electrons. The lowest BCUT2D eigenvalue weighted by Gasteiger charge is -2.39. The van der Waals surface area contributed by atoms with Crippen molar-refractivity contribution in [2.45, 2.75) is 99.7 Å². The summed E-state index contributed by atoms with van der Waals surface area (Å²) in [4.78, 5) is 41.8. The summed E-state index contributed by atoms with van der Waals surface area (Å²) >= 11 is 0. The van der Waals surface area contributed by atoms with Crippen molar-refractivity contribution >= 4 is 49.2 Å². The summed E-state index contributed by atoms with van der Waals surface area (Å²) in [6.07, 6.45) is 8.20. The Morgan fingerprint density at radius 2 is 1.53 bits per heavy atom. The van der Waals surface area contributed by atoms with Crippen LogP contribution in [0.5, 0.6) is 11.5 Å². The van der Waals surface area contributed by atoms with Crippen molar-refractivity contribution in [1.29, 1.82) is 0 Å². The van der Waals surface area contributed by atoms with Crippen molar-refractivity contribution < 1.29 is 45.3 Å². The first-order chi connectivity index (χ1) is 27.4. The standard InChI is InChI=1S/C41H44N4O10S2/c46-34-15-16-35(47)45(34)55-36(48)12-2-1-3-17-42-56(49,50)27-13-14-28(33(24-27)57(51,52)53)37-31-22-25-8-4-18-43-20-6-10-29(38(25)43)40(31)54-41-30-11-7-21-44-19-5-9-26(39(30)44)23-32(37)41/h13-14,22-24,42H,1-12,15-21H2. The lowest BCUT2D eigenvalue weighted by molar-refractivity contribution is -0.197. The maximum atomic E-state index is 13.6. The number of hydrogen-bond acceptors (Lipinski definition) is 11. The number of imide groups is 1. The molecule has 0 atom stereocenters. The number of fused-ring (bicyclic) bond motifs is 4. The number of nitrogens with zero attached hydrogens (tertiary/aromatic N) is 3. The molecule has 0 spiro atoms. The molecule has 0 radical (unpaired) electrons. The predicted molar refractivity (Wildman–Crippen MR) is 206 cm³/mol. The fourth-order valence-electron chi connectivity index (χ4n) is 9.55. The minimum atomic E-state index is -5.20. The van der Waals surface area contributed by atoms with Gasteiger partial charge in [0.1, 0.15) is 34.7 Å². The van der Waals surface area contributed by atoms with Crippen LogP contribution in [0.25, 0.3) is 5.57 Å². The lowest BCUT2D eigenvalue weighted by atomic mass is 9.82. The maximum absolute atomic E-state index is 13.6. The van der Waals surface area contributed by atoms with Gasteiger partial charge in [0.15, 0.2) is 0 Å². The van der Waals surface area contributed by atoms with E-state index in [-0.39, 0.29) is 36.3 Å². The summed E-state index contributed by atoms with van der Waals surface area (Å²) in [5, 5.41) is 2.40. The zero-order valence-corrected chi connectivity index (χ0v) is 33.2. The summed E-state index contributed by atoms with van der Waals surface area (Å²) in [7, 11) is -9.46. The molecule has 14 nitrogen and oxygen atoms in total. The van der Waals surface area contributed by atoms with E-state index in [1.54, 1.807) is 0 Å². The Bertz CT molecular complexity index is 2600. The number of sulfonamides is 1. The second-order valence-corrected chi connectivity index (χ2v) is 18.8. The van der Waals surface area contributed by atoms with Crippen LogP contribution in [-0.4, -0.2) is 77.0 Å². The van der Waals surface area contributed by atoms with Crippen molar-refractivity contribution in [2.24, 2.45) is 0 Å². The summed E-state index contributed by atoms with van der Waals surface area (Å²) < 4.78 is 78.8. The van der Waals surface area contributed by atoms with Gasteiger partial charge in [-0.2, -0.15) is 0 Å². The molecule has 6 heterocycles. The van der Waals surface area contributed by atoms with Gasteiger partial charge in [-0.1, -0.05) is 12.5 Å². The second kappa shape index (κ2) is 14.6. The number of nitrogens with one attached hydrogen (secondary N) is 1. The minimum Gasteiger partial charge on any atom is -0.744 e. The lowest BCUT2D eigenvalue weighted by Crippen LogP contribution is -2.45. The molecule has 0 aliphatic carbocycles. The molecule has 0 bridgehead atoms. The predicted octanol–water partition coefficient (Wildman–Crippen LogP) is 2.47. The summed E-state index contributed by atoms with van der Waals surface area (Å²) in [6, 6.07) is 7.95. The van der Waals surface area contributed by atoms with Crippen molar-refractivity contribution in [2.75, 3.05) is 37.6 Å². The van der Waals surface area contributed by atoms with Gasteiger partial charge in [0, 0.05) is 90.5 Å². The molecule has 57 heavy (non-hydrogen) atoms. The van der Waals surface area contributed by atoms with Crippen LogP contribution in [-0.2, 0) is 65.0 Å². The Balaban J connectivity index is 1.06. The van der Waals surface area contributed by atoms with Gasteiger partial charge in [0.05, 0.1) is 15.4 Å². The van der Waals surface area contributed by atoms with E-state index >= 15 is 0 Å². The Morgan fingerprint density at radius 3 is 2.30 bits per heavy atom. The van der Waals surface area contributed by atoms with Gasteiger partial charge >= 0.3 is 5.97 Å². The third-order valence-electron chi connectivity index (χ3n) is 12.0. The molecule has 6 aliphatic rings. The molecule has 9 rings (SSSR count). The number of unbranched alkanes of at least 4 members (excludes halogenated alkanes) is 2. The number of carbonyl (C=O) groups is 3. The van der Waals surface area contributed by atoms with E-state index in [9.17, 15) is 35.8 Å². The SMILES string of the molecule is O=C(CCCCCNS(=O)(=O)c1ccc(C2=c3cc4c5c(c3Oc3c2cc2c6c3CCCN6CCC2)CCC[N+]=5CCC4)c(S(=O)(=O)[O-])c1)ON1C(=O)CCC1=O. The largest absolute Gasteiger partial charge is 0.744 e. The van der Waals surface area contributed by atoms with Crippen LogP contribution in [0.15, 0.2) is 40.1 Å². The third kappa shape index (κ3) is 6.83. The first kappa shape index (κ1) is 37.9. The molecule has 1 N–H and O–H groups in total. The number of ether oxygens (including phenoxy) is 1. The van der Waals surface area contributed by atoms with Crippen molar-refractivity contribution in [1.82, 2.24) is 14.4 Å². The van der Waals surface area contributed by atoms with Gasteiger partial charge in [-0.15, -0.1) is 5.06 Å². The number of benzene rings is 3. The molecule has 2 amide bonds. The molecule has 3 aromatic carbocycles. The molecular formula is C41H44N4O10S2. The first-order valence-electron chi connectivity index (χ1n) is 20.0. The number of amides is 2. The summed E-state index contributed by atoms with van der Waals surface area (Å²) in [6.45, 7) is 3.82. The van der Waals surface area contributed by atoms with E-state index < -0.39 is 42.8 Å². The first-order valence-corrected chi connectivity index (χ1v) is 22.9. The Labute approximate surface area is 330 Å². The van der Waals surface area contributed by atoms with E-state index in [2.05, 4.69) is 26.3 Å². The Hall–Kier alpha value is -4.64. The fraction of sp³-hybridized carbons (Fsp3) is 0.463. The van der Waals surface area contributed by atoms with Crippen LogP contribution >= 0.6 is 0 Å². The van der Waals surface area contributed by atoms with Crippen LogP contribution in [0.1, 0.15) is 97.6 Å². The van der Waals surface area contributed by atoms with Gasteiger partial charge in [0.25, 0.3) is 11.8 Å². The highest BCUT2D eigenvalue weighted by molar-refractivity contribution is 7.89. The molecular weight excluding hydrogens is 773 g/mol. The van der Waals surface area contributed by atoms with E-state index in [0.29, 0.717) is 41.4 Å². The number of aryl methyl sites for hydroxylation is 2. The average molecular weight is 817 g/mol. The van der Waals surface area contributed by atoms with Crippen molar-refractivity contribution in [3.8, 4) is 11.5 Å². The third-order valence-corrected chi connectivity index (χ3v) is 14.4. The van der Waals surface area contributed by atoms with Gasteiger partial charge in [-0.25, -0.2) is 30.9 Å². The molecule has 1 fully saturated rings. The zero-order chi connectivity index (χ0) is 39.6. The number of hydrogen-bond donors (Lipinski definition) is 1. The van der Waals surface area contributed by atoms with Crippen LogP contribution in [0, 0.1) is 0 Å². The van der Waals surface area contributed by atoms with Crippen molar-refractivity contribution in [3.63, 3.8) is 0 Å². The molecule has 0 aromatic heterocycles. The molecule has 3 aromatic rings. The molecule has 1 saturated heterocycles. The van der Waals surface area contributed by atoms with E-state index in [1.165, 1.54) is 23.2 Å². The summed E-state index contributed by atoms with van der Waals surface area (Å²) in [5.41, 5.74) is 7.14. The molecule has 0 saturated carbocycles. The quantitative estimate of drug-likeness (QED) is 0.102. The number of carbonyl (C=O) groups excluding carboxylic acids is 3. The zero-order valence-electron chi connectivity index (χ0n) is 31.6. The number of hydroxylamine groups is 2. The molecule has 0 unspecified atom stereocenters. The molecule has 16 heteroatoms. The Morgan fingerprint density at radius 1 is 0.807 bits per heavy atom. The van der Waals surface area contributed by atoms with Crippen LogP contribution in [0.2, 0.25) is 0 Å². The van der Waals surface area contributed by atoms with Gasteiger partial charge in [-0.05, 0) is 81.2 Å². The fourth-order valence-corrected chi connectivity index (χ4v) is 11.4. The van der Waals surface area contributed by atoms with Gasteiger partial charge in [-0.3, -0.25) is 9.59 Å². The van der Waals surface area contributed by atoms with Crippen molar-refractivity contribution in [3.05, 3.63) is 74.3 Å². The highest BCUT2D eigenvalue weighted by atomic mass is 32.2. The van der Waals surface area contributed by atoms with Crippen LogP contribution in [0.4, 0.5) is 5.69 Å². The van der Waals surface area contributed by atoms with E-state index in [0.717, 1.165) is 117 Å². The van der Waals surface area contributed by atoms with Gasteiger partial charge in [0.2, 0.25) is 15.4 Å². The highest BCUT2D eigenvalue weighted by Gasteiger charge is 2.37. The number of rotatable bonds is 11. The Kier molecular flexibility index (Phi) is 9.73. The second-order valence-electron chi connectivity index (χ2n) is 15.7. The molecule has 6 aliphatic heterocycles.